The highest BCUT2D eigenvalue weighted by atomic mass is 79.9. The molecule has 94 valence electrons. The smallest absolute Gasteiger partial charge is 0.136 e. The minimum absolute atomic E-state index is 0.264. The van der Waals surface area contributed by atoms with Crippen molar-refractivity contribution in [3.8, 4) is 5.75 Å². The molecule has 0 radical (unpaired) electrons. The van der Waals surface area contributed by atoms with E-state index in [1.54, 1.807) is 18.2 Å². The fraction of sp³-hybridized carbons (Fsp3) is 0.0769. The van der Waals surface area contributed by atoms with Crippen LogP contribution in [-0.2, 0) is 6.61 Å². The largest absolute Gasteiger partial charge is 0.488 e. The van der Waals surface area contributed by atoms with E-state index in [9.17, 15) is 4.39 Å². The first-order valence-electron chi connectivity index (χ1n) is 5.18. The number of halogens is 3. The second kappa shape index (κ2) is 5.71. The summed E-state index contributed by atoms with van der Waals surface area (Å²) in [7, 11) is 0. The van der Waals surface area contributed by atoms with Gasteiger partial charge in [-0.2, -0.15) is 0 Å². The minimum Gasteiger partial charge on any atom is -0.488 e. The Hall–Kier alpha value is -1.07. The fourth-order valence-electron chi connectivity index (χ4n) is 1.44. The zero-order chi connectivity index (χ0) is 13.1. The van der Waals surface area contributed by atoms with E-state index in [0.29, 0.717) is 11.4 Å². The first kappa shape index (κ1) is 13.4. The third-order valence-corrected chi connectivity index (χ3v) is 3.77. The second-order valence-electron chi connectivity index (χ2n) is 3.71. The zero-order valence-corrected chi connectivity index (χ0v) is 12.5. The highest BCUT2D eigenvalue weighted by Crippen LogP contribution is 2.28. The molecule has 2 aromatic carbocycles. The van der Waals surface area contributed by atoms with Gasteiger partial charge in [-0.05, 0) is 46.3 Å². The molecular formula is C13H10Br2FNO. The van der Waals surface area contributed by atoms with Crippen molar-refractivity contribution in [1.82, 2.24) is 0 Å². The molecule has 0 unspecified atom stereocenters. The van der Waals surface area contributed by atoms with Gasteiger partial charge in [0, 0.05) is 21.8 Å². The molecule has 2 nitrogen and oxygen atoms in total. The Morgan fingerprint density at radius 3 is 2.56 bits per heavy atom. The molecule has 0 spiro atoms. The topological polar surface area (TPSA) is 35.2 Å². The summed E-state index contributed by atoms with van der Waals surface area (Å²) in [4.78, 5) is 0. The van der Waals surface area contributed by atoms with Crippen molar-refractivity contribution in [3.63, 3.8) is 0 Å². The number of ether oxygens (including phenoxy) is 1. The Morgan fingerprint density at radius 1 is 1.06 bits per heavy atom. The van der Waals surface area contributed by atoms with Crippen LogP contribution >= 0.6 is 31.9 Å². The molecule has 0 heterocycles. The number of hydrogen-bond donors (Lipinski definition) is 1. The molecule has 0 aliphatic carbocycles. The lowest BCUT2D eigenvalue weighted by molar-refractivity contribution is 0.303. The van der Waals surface area contributed by atoms with Crippen LogP contribution in [0.4, 0.5) is 10.1 Å². The predicted octanol–water partition coefficient (Wildman–Crippen LogP) is 4.51. The first-order chi connectivity index (χ1) is 8.56. The van der Waals surface area contributed by atoms with Crippen LogP contribution in [-0.4, -0.2) is 0 Å². The van der Waals surface area contributed by atoms with E-state index in [0.717, 1.165) is 14.5 Å². The molecule has 2 N–H and O–H groups in total. The Balaban J connectivity index is 2.16. The predicted molar refractivity (Wildman–Crippen MR) is 77.0 cm³/mol. The summed E-state index contributed by atoms with van der Waals surface area (Å²) in [6, 6.07) is 9.79. The van der Waals surface area contributed by atoms with E-state index in [4.69, 9.17) is 10.5 Å². The maximum absolute atomic E-state index is 13.1. The first-order valence-corrected chi connectivity index (χ1v) is 6.76. The molecule has 0 saturated carbocycles. The lowest BCUT2D eigenvalue weighted by Crippen LogP contribution is -1.98. The second-order valence-corrected chi connectivity index (χ2v) is 5.42. The van der Waals surface area contributed by atoms with E-state index in [1.807, 2.05) is 6.07 Å². The zero-order valence-electron chi connectivity index (χ0n) is 9.29. The molecule has 0 bridgehead atoms. The van der Waals surface area contributed by atoms with Gasteiger partial charge in [0.15, 0.2) is 0 Å². The SMILES string of the molecule is Nc1ccc(Br)c(OCc2cc(F)ccc2Br)c1. The summed E-state index contributed by atoms with van der Waals surface area (Å²) >= 11 is 6.72. The molecule has 0 aliphatic heterocycles. The molecule has 0 aliphatic rings. The van der Waals surface area contributed by atoms with Crippen LogP contribution in [0.25, 0.3) is 0 Å². The molecule has 0 aromatic heterocycles. The van der Waals surface area contributed by atoms with Gasteiger partial charge in [0.2, 0.25) is 0 Å². The van der Waals surface area contributed by atoms with Gasteiger partial charge in [0.1, 0.15) is 18.2 Å². The van der Waals surface area contributed by atoms with Gasteiger partial charge in [-0.25, -0.2) is 4.39 Å². The van der Waals surface area contributed by atoms with Gasteiger partial charge in [-0.1, -0.05) is 15.9 Å². The minimum atomic E-state index is -0.288. The highest BCUT2D eigenvalue weighted by Gasteiger charge is 2.05. The van der Waals surface area contributed by atoms with E-state index < -0.39 is 0 Å². The van der Waals surface area contributed by atoms with Crippen LogP contribution < -0.4 is 10.5 Å². The Kier molecular flexibility index (Phi) is 4.24. The maximum atomic E-state index is 13.1. The van der Waals surface area contributed by atoms with Gasteiger partial charge in [0.25, 0.3) is 0 Å². The number of anilines is 1. The van der Waals surface area contributed by atoms with Crippen LogP contribution in [0.15, 0.2) is 45.3 Å². The standard InChI is InChI=1S/C13H10Br2FNO/c14-11-3-1-9(16)5-8(11)7-18-13-6-10(17)2-4-12(13)15/h1-6H,7,17H2. The third kappa shape index (κ3) is 3.23. The molecule has 0 saturated heterocycles. The molecule has 5 heteroatoms. The van der Waals surface area contributed by atoms with Crippen LogP contribution in [0.5, 0.6) is 5.75 Å². The number of hydrogen-bond acceptors (Lipinski definition) is 2. The number of nitrogen functional groups attached to an aromatic ring is 1. The van der Waals surface area contributed by atoms with Gasteiger partial charge in [-0.15, -0.1) is 0 Å². The van der Waals surface area contributed by atoms with E-state index in [-0.39, 0.29) is 12.4 Å². The summed E-state index contributed by atoms with van der Waals surface area (Å²) < 4.78 is 20.3. The summed E-state index contributed by atoms with van der Waals surface area (Å²) in [5.74, 6) is 0.342. The van der Waals surface area contributed by atoms with Gasteiger partial charge < -0.3 is 10.5 Å². The van der Waals surface area contributed by atoms with Crippen molar-refractivity contribution in [3.05, 3.63) is 56.7 Å². The van der Waals surface area contributed by atoms with Gasteiger partial charge in [-0.3, -0.25) is 0 Å². The summed E-state index contributed by atoms with van der Waals surface area (Å²) in [6.07, 6.45) is 0. The van der Waals surface area contributed by atoms with E-state index in [1.165, 1.54) is 12.1 Å². The molecule has 18 heavy (non-hydrogen) atoms. The van der Waals surface area contributed by atoms with Crippen LogP contribution in [0, 0.1) is 5.82 Å². The van der Waals surface area contributed by atoms with Crippen LogP contribution in [0.1, 0.15) is 5.56 Å². The highest BCUT2D eigenvalue weighted by molar-refractivity contribution is 9.10. The monoisotopic (exact) mass is 373 g/mol. The molecule has 2 aromatic rings. The number of nitrogens with two attached hydrogens (primary N) is 1. The van der Waals surface area contributed by atoms with Crippen molar-refractivity contribution >= 4 is 37.5 Å². The van der Waals surface area contributed by atoms with E-state index >= 15 is 0 Å². The average molecular weight is 375 g/mol. The van der Waals surface area contributed by atoms with Crippen molar-refractivity contribution in [2.45, 2.75) is 6.61 Å². The number of benzene rings is 2. The average Bonchev–Trinajstić information content (AvgIpc) is 2.34. The quantitative estimate of drug-likeness (QED) is 0.802. The maximum Gasteiger partial charge on any atom is 0.136 e. The molecular weight excluding hydrogens is 365 g/mol. The molecule has 0 fully saturated rings. The third-order valence-electron chi connectivity index (χ3n) is 2.35. The Morgan fingerprint density at radius 2 is 1.78 bits per heavy atom. The van der Waals surface area contributed by atoms with Crippen molar-refractivity contribution in [2.75, 3.05) is 5.73 Å². The van der Waals surface area contributed by atoms with Crippen molar-refractivity contribution in [1.29, 1.82) is 0 Å². The number of rotatable bonds is 3. The summed E-state index contributed by atoms with van der Waals surface area (Å²) in [6.45, 7) is 0.264. The van der Waals surface area contributed by atoms with Crippen molar-refractivity contribution in [2.24, 2.45) is 0 Å². The van der Waals surface area contributed by atoms with Crippen LogP contribution in [0.2, 0.25) is 0 Å². The fourth-order valence-corrected chi connectivity index (χ4v) is 2.16. The van der Waals surface area contributed by atoms with Gasteiger partial charge in [0.05, 0.1) is 4.47 Å². The lowest BCUT2D eigenvalue weighted by atomic mass is 10.2. The van der Waals surface area contributed by atoms with E-state index in [2.05, 4.69) is 31.9 Å². The Labute approximate surface area is 121 Å². The Bertz CT molecular complexity index is 523. The summed E-state index contributed by atoms with van der Waals surface area (Å²) in [5, 5.41) is 0. The summed E-state index contributed by atoms with van der Waals surface area (Å²) in [5.41, 5.74) is 7.04. The molecule has 0 amide bonds. The van der Waals surface area contributed by atoms with Gasteiger partial charge >= 0.3 is 0 Å². The lowest BCUT2D eigenvalue weighted by Gasteiger charge is -2.10. The van der Waals surface area contributed by atoms with Crippen LogP contribution in [0.3, 0.4) is 0 Å². The molecule has 2 rings (SSSR count). The molecule has 0 atom stereocenters. The van der Waals surface area contributed by atoms with Crippen molar-refractivity contribution < 1.29 is 9.13 Å². The normalized spacial score (nSPS) is 10.4.